The van der Waals surface area contributed by atoms with Crippen LogP contribution in [0.15, 0.2) is 12.1 Å². The number of methoxy groups -OCH3 is 1. The first-order valence-corrected chi connectivity index (χ1v) is 6.72. The van der Waals surface area contributed by atoms with Gasteiger partial charge in [0, 0.05) is 18.7 Å². The van der Waals surface area contributed by atoms with Crippen molar-refractivity contribution in [1.29, 1.82) is 0 Å². The van der Waals surface area contributed by atoms with Gasteiger partial charge in [0.25, 0.3) is 0 Å². The Balaban J connectivity index is 2.25. The van der Waals surface area contributed by atoms with Crippen LogP contribution in [0.1, 0.15) is 27.2 Å². The van der Waals surface area contributed by atoms with Crippen LogP contribution in [0.3, 0.4) is 0 Å². The zero-order valence-electron chi connectivity index (χ0n) is 12.3. The van der Waals surface area contributed by atoms with Crippen molar-refractivity contribution in [2.45, 2.75) is 27.2 Å². The van der Waals surface area contributed by atoms with E-state index in [1.807, 2.05) is 0 Å². The molecule has 0 fully saturated rings. The second-order valence-electron chi connectivity index (χ2n) is 6.36. The minimum absolute atomic E-state index is 0.0587. The highest BCUT2D eigenvalue weighted by Gasteiger charge is 2.28. The summed E-state index contributed by atoms with van der Waals surface area (Å²) in [5, 5.41) is 5.99. The van der Waals surface area contributed by atoms with E-state index in [-0.39, 0.29) is 23.0 Å². The summed E-state index contributed by atoms with van der Waals surface area (Å²) >= 11 is 0. The molecule has 1 atom stereocenters. The Labute approximate surface area is 118 Å². The van der Waals surface area contributed by atoms with Crippen molar-refractivity contribution < 1.29 is 13.9 Å². The topological polar surface area (TPSA) is 50.4 Å². The standard InChI is InChI=1S/C15H21FN2O2/c1-15(2,3)7-9-8-17-11-6-13(20-4)10(16)5-12(11)18-14(9)19/h5-6,9,17H,7-8H2,1-4H3,(H,18,19). The Bertz CT molecular complexity index is 523. The van der Waals surface area contributed by atoms with Gasteiger partial charge in [0.1, 0.15) is 0 Å². The average molecular weight is 280 g/mol. The predicted octanol–water partition coefficient (Wildman–Crippen LogP) is 3.25. The normalized spacial score (nSPS) is 18.6. The molecule has 1 heterocycles. The largest absolute Gasteiger partial charge is 0.494 e. The monoisotopic (exact) mass is 280 g/mol. The molecular weight excluding hydrogens is 259 g/mol. The quantitative estimate of drug-likeness (QED) is 0.874. The maximum Gasteiger partial charge on any atom is 0.229 e. The van der Waals surface area contributed by atoms with Gasteiger partial charge in [-0.05, 0) is 11.8 Å². The molecule has 4 nitrogen and oxygen atoms in total. The number of fused-ring (bicyclic) bond motifs is 1. The van der Waals surface area contributed by atoms with Crippen molar-refractivity contribution in [2.75, 3.05) is 24.3 Å². The van der Waals surface area contributed by atoms with Gasteiger partial charge in [-0.1, -0.05) is 20.8 Å². The molecule has 1 amide bonds. The van der Waals surface area contributed by atoms with Crippen molar-refractivity contribution in [3.8, 4) is 5.75 Å². The summed E-state index contributed by atoms with van der Waals surface area (Å²) in [7, 11) is 1.42. The lowest BCUT2D eigenvalue weighted by Gasteiger charge is -2.23. The molecular formula is C15H21FN2O2. The van der Waals surface area contributed by atoms with Gasteiger partial charge < -0.3 is 15.4 Å². The number of benzene rings is 1. The number of anilines is 2. The molecule has 1 aliphatic rings. The van der Waals surface area contributed by atoms with Crippen LogP contribution < -0.4 is 15.4 Å². The summed E-state index contributed by atoms with van der Waals surface area (Å²) in [6, 6.07) is 2.86. The van der Waals surface area contributed by atoms with Crippen LogP contribution in [0.5, 0.6) is 5.75 Å². The number of carbonyl (C=O) groups is 1. The first-order valence-electron chi connectivity index (χ1n) is 6.72. The summed E-state index contributed by atoms with van der Waals surface area (Å²) in [5.41, 5.74) is 1.21. The Kier molecular flexibility index (Phi) is 3.88. The zero-order valence-corrected chi connectivity index (χ0v) is 12.3. The van der Waals surface area contributed by atoms with Crippen molar-refractivity contribution in [3.05, 3.63) is 17.9 Å². The maximum atomic E-state index is 13.7. The molecule has 0 bridgehead atoms. The number of rotatable bonds is 2. The van der Waals surface area contributed by atoms with E-state index in [0.717, 1.165) is 6.42 Å². The third-order valence-electron chi connectivity index (χ3n) is 3.32. The molecule has 0 aliphatic carbocycles. The number of hydrogen-bond acceptors (Lipinski definition) is 3. The van der Waals surface area contributed by atoms with Crippen LogP contribution in [-0.4, -0.2) is 19.6 Å². The molecule has 2 N–H and O–H groups in total. The fraction of sp³-hybridized carbons (Fsp3) is 0.533. The minimum Gasteiger partial charge on any atom is -0.494 e. The fourth-order valence-corrected chi connectivity index (χ4v) is 2.42. The van der Waals surface area contributed by atoms with Gasteiger partial charge in [0.05, 0.1) is 24.4 Å². The maximum absolute atomic E-state index is 13.7. The van der Waals surface area contributed by atoms with E-state index >= 15 is 0 Å². The molecule has 110 valence electrons. The third-order valence-corrected chi connectivity index (χ3v) is 3.32. The van der Waals surface area contributed by atoms with Gasteiger partial charge >= 0.3 is 0 Å². The number of carbonyl (C=O) groups excluding carboxylic acids is 1. The van der Waals surface area contributed by atoms with Gasteiger partial charge in [-0.25, -0.2) is 4.39 Å². The van der Waals surface area contributed by atoms with E-state index in [1.54, 1.807) is 6.07 Å². The first-order chi connectivity index (χ1) is 9.30. The Morgan fingerprint density at radius 2 is 2.05 bits per heavy atom. The smallest absolute Gasteiger partial charge is 0.229 e. The highest BCUT2D eigenvalue weighted by atomic mass is 19.1. The third kappa shape index (κ3) is 3.21. The van der Waals surface area contributed by atoms with Crippen molar-refractivity contribution in [1.82, 2.24) is 0 Å². The zero-order chi connectivity index (χ0) is 14.9. The molecule has 1 aromatic rings. The molecule has 0 spiro atoms. The second-order valence-corrected chi connectivity index (χ2v) is 6.36. The van der Waals surface area contributed by atoms with Crippen LogP contribution in [-0.2, 0) is 4.79 Å². The minimum atomic E-state index is -0.484. The van der Waals surface area contributed by atoms with Crippen LogP contribution in [0.4, 0.5) is 15.8 Å². The van der Waals surface area contributed by atoms with E-state index in [4.69, 9.17) is 4.74 Å². The Morgan fingerprint density at radius 1 is 1.35 bits per heavy atom. The lowest BCUT2D eigenvalue weighted by Crippen LogP contribution is -2.29. The summed E-state index contributed by atoms with van der Waals surface area (Å²) in [6.07, 6.45) is 0.763. The number of nitrogens with one attached hydrogen (secondary N) is 2. The number of halogens is 1. The Morgan fingerprint density at radius 3 is 2.65 bits per heavy atom. The lowest BCUT2D eigenvalue weighted by molar-refractivity contribution is -0.120. The molecule has 2 rings (SSSR count). The summed E-state index contributed by atoms with van der Waals surface area (Å²) in [4.78, 5) is 12.2. The predicted molar refractivity (Wildman–Crippen MR) is 77.6 cm³/mol. The number of hydrogen-bond donors (Lipinski definition) is 2. The van der Waals surface area contributed by atoms with E-state index in [9.17, 15) is 9.18 Å². The van der Waals surface area contributed by atoms with Crippen molar-refractivity contribution >= 4 is 17.3 Å². The first kappa shape index (κ1) is 14.6. The van der Waals surface area contributed by atoms with Crippen LogP contribution >= 0.6 is 0 Å². The van der Waals surface area contributed by atoms with Gasteiger partial charge in [-0.2, -0.15) is 0 Å². The van der Waals surface area contributed by atoms with Gasteiger partial charge in [-0.15, -0.1) is 0 Å². The molecule has 0 saturated carbocycles. The van der Waals surface area contributed by atoms with Crippen LogP contribution in [0.2, 0.25) is 0 Å². The van der Waals surface area contributed by atoms with E-state index < -0.39 is 5.82 Å². The van der Waals surface area contributed by atoms with E-state index in [0.29, 0.717) is 17.9 Å². The molecule has 20 heavy (non-hydrogen) atoms. The highest BCUT2D eigenvalue weighted by Crippen LogP contribution is 2.34. The van der Waals surface area contributed by atoms with E-state index in [2.05, 4.69) is 31.4 Å². The molecule has 0 aromatic heterocycles. The molecule has 1 aliphatic heterocycles. The summed E-state index contributed by atoms with van der Waals surface area (Å²) in [6.45, 7) is 6.83. The van der Waals surface area contributed by atoms with Crippen molar-refractivity contribution in [3.63, 3.8) is 0 Å². The fourth-order valence-electron chi connectivity index (χ4n) is 2.42. The van der Waals surface area contributed by atoms with Crippen LogP contribution in [0.25, 0.3) is 0 Å². The highest BCUT2D eigenvalue weighted by molar-refractivity contribution is 5.97. The SMILES string of the molecule is COc1cc2c(cc1F)NC(=O)C(CC(C)(C)C)CN2. The number of amides is 1. The van der Waals surface area contributed by atoms with Gasteiger partial charge in [0.15, 0.2) is 11.6 Å². The average Bonchev–Trinajstić information content (AvgIpc) is 2.47. The van der Waals surface area contributed by atoms with E-state index in [1.165, 1.54) is 13.2 Å². The van der Waals surface area contributed by atoms with Crippen LogP contribution in [0, 0.1) is 17.2 Å². The Hall–Kier alpha value is -1.78. The van der Waals surface area contributed by atoms with Gasteiger partial charge in [0.2, 0.25) is 5.91 Å². The molecule has 5 heteroatoms. The number of ether oxygens (including phenoxy) is 1. The second kappa shape index (κ2) is 5.31. The summed E-state index contributed by atoms with van der Waals surface area (Å²) < 4.78 is 18.7. The lowest BCUT2D eigenvalue weighted by atomic mass is 9.84. The molecule has 1 unspecified atom stereocenters. The van der Waals surface area contributed by atoms with Crippen molar-refractivity contribution in [2.24, 2.45) is 11.3 Å². The van der Waals surface area contributed by atoms with Gasteiger partial charge in [-0.3, -0.25) is 4.79 Å². The molecule has 1 aromatic carbocycles. The molecule has 0 radical (unpaired) electrons. The summed E-state index contributed by atoms with van der Waals surface area (Å²) in [5.74, 6) is -0.533. The molecule has 0 saturated heterocycles.